The van der Waals surface area contributed by atoms with Gasteiger partial charge in [-0.25, -0.2) is 9.97 Å². The molecule has 1 aromatic rings. The minimum Gasteiger partial charge on any atom is -0.477 e. The molecule has 2 saturated heterocycles. The Kier molecular flexibility index (Phi) is 4.82. The Hall–Kier alpha value is -2.38. The third-order valence-electron chi connectivity index (χ3n) is 4.48. The zero-order valence-corrected chi connectivity index (χ0v) is 14.0. The maximum atomic E-state index is 12.7. The molecule has 0 aromatic carbocycles. The van der Waals surface area contributed by atoms with Crippen molar-refractivity contribution in [1.82, 2.24) is 19.8 Å². The van der Waals surface area contributed by atoms with Gasteiger partial charge in [0.05, 0.1) is 19.6 Å². The van der Waals surface area contributed by atoms with Crippen LogP contribution >= 0.6 is 0 Å². The van der Waals surface area contributed by atoms with Crippen molar-refractivity contribution in [2.45, 2.75) is 25.4 Å². The molecule has 0 bridgehead atoms. The molecule has 2 amide bonds. The Morgan fingerprint density at radius 1 is 1.25 bits per heavy atom. The van der Waals surface area contributed by atoms with Crippen LogP contribution in [0.15, 0.2) is 12.4 Å². The molecule has 0 spiro atoms. The maximum absolute atomic E-state index is 12.7. The molecule has 2 atom stereocenters. The number of carbonyl (C=O) groups is 2. The number of rotatable bonds is 4. The number of methoxy groups -OCH3 is 1. The molecule has 0 aliphatic carbocycles. The van der Waals surface area contributed by atoms with Gasteiger partial charge < -0.3 is 19.3 Å². The van der Waals surface area contributed by atoms with E-state index in [1.165, 1.54) is 13.3 Å². The molecule has 1 aromatic heterocycles. The fourth-order valence-corrected chi connectivity index (χ4v) is 3.21. The molecular formula is C16H22N4O4. The van der Waals surface area contributed by atoms with Crippen LogP contribution in [0.1, 0.15) is 19.3 Å². The summed E-state index contributed by atoms with van der Waals surface area (Å²) in [5, 5.41) is 0. The van der Waals surface area contributed by atoms with Gasteiger partial charge in [-0.3, -0.25) is 9.59 Å². The fourth-order valence-electron chi connectivity index (χ4n) is 3.21. The predicted octanol–water partition coefficient (Wildman–Crippen LogP) is 0.333. The average molecular weight is 334 g/mol. The van der Waals surface area contributed by atoms with Crippen molar-refractivity contribution in [3.63, 3.8) is 0 Å². The second-order valence-corrected chi connectivity index (χ2v) is 6.21. The van der Waals surface area contributed by atoms with E-state index < -0.39 is 0 Å². The number of likely N-dealkylation sites (tertiary alicyclic amines) is 2. The monoisotopic (exact) mass is 334 g/mol. The van der Waals surface area contributed by atoms with Gasteiger partial charge in [-0.1, -0.05) is 0 Å². The van der Waals surface area contributed by atoms with Crippen LogP contribution in [0.2, 0.25) is 0 Å². The first kappa shape index (κ1) is 16.5. The molecule has 3 heterocycles. The van der Waals surface area contributed by atoms with E-state index >= 15 is 0 Å². The number of carbonyl (C=O) groups excluding carboxylic acids is 2. The van der Waals surface area contributed by atoms with E-state index in [2.05, 4.69) is 9.97 Å². The second-order valence-electron chi connectivity index (χ2n) is 6.21. The van der Waals surface area contributed by atoms with Gasteiger partial charge in [-0.05, 0) is 12.8 Å². The molecule has 2 fully saturated rings. The average Bonchev–Trinajstić information content (AvgIpc) is 2.94. The van der Waals surface area contributed by atoms with Crippen LogP contribution in [0, 0.1) is 5.92 Å². The van der Waals surface area contributed by atoms with Crippen molar-refractivity contribution in [3.8, 4) is 11.8 Å². The highest BCUT2D eigenvalue weighted by molar-refractivity contribution is 5.89. The highest BCUT2D eigenvalue weighted by Crippen LogP contribution is 2.25. The van der Waals surface area contributed by atoms with Gasteiger partial charge in [-0.15, -0.1) is 0 Å². The summed E-state index contributed by atoms with van der Waals surface area (Å²) in [4.78, 5) is 35.9. The SMILES string of the molecule is COc1nccnc1OC1CCCN(C(=O)C2CC(=O)N(C)C2)C1. The van der Waals surface area contributed by atoms with Gasteiger partial charge in [0.15, 0.2) is 0 Å². The zero-order valence-electron chi connectivity index (χ0n) is 14.0. The first-order chi connectivity index (χ1) is 11.6. The number of aromatic nitrogens is 2. The highest BCUT2D eigenvalue weighted by Gasteiger charge is 2.36. The van der Waals surface area contributed by atoms with E-state index in [0.29, 0.717) is 37.8 Å². The number of piperidine rings is 1. The Morgan fingerprint density at radius 3 is 2.67 bits per heavy atom. The largest absolute Gasteiger partial charge is 0.477 e. The first-order valence-electron chi connectivity index (χ1n) is 8.13. The van der Waals surface area contributed by atoms with Crippen LogP contribution in [0.5, 0.6) is 11.8 Å². The molecule has 24 heavy (non-hydrogen) atoms. The van der Waals surface area contributed by atoms with Crippen LogP contribution in [0.4, 0.5) is 0 Å². The maximum Gasteiger partial charge on any atom is 0.278 e. The van der Waals surface area contributed by atoms with Crippen molar-refractivity contribution < 1.29 is 19.1 Å². The van der Waals surface area contributed by atoms with Crippen LogP contribution in [0.25, 0.3) is 0 Å². The molecule has 2 unspecified atom stereocenters. The number of hydrogen-bond acceptors (Lipinski definition) is 6. The van der Waals surface area contributed by atoms with E-state index in [0.717, 1.165) is 12.8 Å². The van der Waals surface area contributed by atoms with Crippen LogP contribution < -0.4 is 9.47 Å². The predicted molar refractivity (Wildman–Crippen MR) is 84.6 cm³/mol. The minimum absolute atomic E-state index is 0.0301. The van der Waals surface area contributed by atoms with Gasteiger partial charge in [-0.2, -0.15) is 0 Å². The summed E-state index contributed by atoms with van der Waals surface area (Å²) in [6.07, 6.45) is 4.93. The minimum atomic E-state index is -0.243. The Morgan fingerprint density at radius 2 is 2.00 bits per heavy atom. The van der Waals surface area contributed by atoms with Gasteiger partial charge in [0.2, 0.25) is 11.8 Å². The third-order valence-corrected chi connectivity index (χ3v) is 4.48. The lowest BCUT2D eigenvalue weighted by Gasteiger charge is -2.34. The molecule has 8 heteroatoms. The fraction of sp³-hybridized carbons (Fsp3) is 0.625. The molecule has 3 rings (SSSR count). The van der Waals surface area contributed by atoms with E-state index in [9.17, 15) is 9.59 Å². The summed E-state index contributed by atoms with van der Waals surface area (Å²) in [6, 6.07) is 0. The van der Waals surface area contributed by atoms with Crippen molar-refractivity contribution >= 4 is 11.8 Å². The zero-order chi connectivity index (χ0) is 17.1. The van der Waals surface area contributed by atoms with Gasteiger partial charge in [0, 0.05) is 39.0 Å². The second kappa shape index (κ2) is 7.02. The normalized spacial score (nSPS) is 24.2. The summed E-state index contributed by atoms with van der Waals surface area (Å²) < 4.78 is 11.0. The summed E-state index contributed by atoms with van der Waals surface area (Å²) in [6.45, 7) is 1.69. The Bertz CT molecular complexity index is 624. The topological polar surface area (TPSA) is 84.9 Å². The standard InChI is InChI=1S/C16H22N4O4/c1-19-9-11(8-13(19)21)16(22)20-7-3-4-12(10-20)24-15-14(23-2)17-5-6-18-15/h5-6,11-12H,3-4,7-10H2,1-2H3. The lowest BCUT2D eigenvalue weighted by Crippen LogP contribution is -2.47. The van der Waals surface area contributed by atoms with Crippen molar-refractivity contribution in [2.24, 2.45) is 5.92 Å². The third kappa shape index (κ3) is 3.42. The smallest absolute Gasteiger partial charge is 0.278 e. The highest BCUT2D eigenvalue weighted by atomic mass is 16.5. The molecule has 8 nitrogen and oxygen atoms in total. The van der Waals surface area contributed by atoms with E-state index in [1.807, 2.05) is 0 Å². The summed E-state index contributed by atoms with van der Waals surface area (Å²) in [5.41, 5.74) is 0. The van der Waals surface area contributed by atoms with Crippen molar-refractivity contribution in [1.29, 1.82) is 0 Å². The molecular weight excluding hydrogens is 312 g/mol. The van der Waals surface area contributed by atoms with Gasteiger partial charge in [0.1, 0.15) is 6.10 Å². The Labute approximate surface area is 140 Å². The number of nitrogens with zero attached hydrogens (tertiary/aromatic N) is 4. The lowest BCUT2D eigenvalue weighted by atomic mass is 10.0. The quantitative estimate of drug-likeness (QED) is 0.789. The summed E-state index contributed by atoms with van der Waals surface area (Å²) in [5.74, 6) is 0.501. The molecule has 0 N–H and O–H groups in total. The molecule has 0 radical (unpaired) electrons. The summed E-state index contributed by atoms with van der Waals surface area (Å²) in [7, 11) is 3.25. The lowest BCUT2D eigenvalue weighted by molar-refractivity contribution is -0.138. The van der Waals surface area contributed by atoms with E-state index in [4.69, 9.17) is 9.47 Å². The molecule has 2 aliphatic rings. The first-order valence-corrected chi connectivity index (χ1v) is 8.13. The molecule has 2 aliphatic heterocycles. The number of hydrogen-bond donors (Lipinski definition) is 0. The number of amides is 2. The van der Waals surface area contributed by atoms with Gasteiger partial charge in [0.25, 0.3) is 11.8 Å². The summed E-state index contributed by atoms with van der Waals surface area (Å²) >= 11 is 0. The van der Waals surface area contributed by atoms with E-state index in [1.54, 1.807) is 23.0 Å². The van der Waals surface area contributed by atoms with Crippen LogP contribution in [-0.4, -0.2) is 71.5 Å². The van der Waals surface area contributed by atoms with Gasteiger partial charge >= 0.3 is 0 Å². The Balaban J connectivity index is 1.62. The van der Waals surface area contributed by atoms with Crippen LogP contribution in [-0.2, 0) is 9.59 Å². The van der Waals surface area contributed by atoms with Crippen molar-refractivity contribution in [3.05, 3.63) is 12.4 Å². The number of ether oxygens (including phenoxy) is 2. The van der Waals surface area contributed by atoms with Crippen LogP contribution in [0.3, 0.4) is 0 Å². The van der Waals surface area contributed by atoms with Crippen molar-refractivity contribution in [2.75, 3.05) is 33.8 Å². The molecule has 0 saturated carbocycles. The molecule has 130 valence electrons. The van der Waals surface area contributed by atoms with E-state index in [-0.39, 0.29) is 23.8 Å².